The quantitative estimate of drug-likeness (QED) is 0.709. The van der Waals surface area contributed by atoms with Crippen LogP contribution in [0, 0.1) is 0 Å². The molecule has 0 aromatic carbocycles. The van der Waals surface area contributed by atoms with E-state index in [-0.39, 0.29) is 6.04 Å². The predicted octanol–water partition coefficient (Wildman–Crippen LogP) is 0.900. The Morgan fingerprint density at radius 1 is 1.53 bits per heavy atom. The van der Waals surface area contributed by atoms with Gasteiger partial charge in [-0.3, -0.25) is 0 Å². The second-order valence-electron chi connectivity index (χ2n) is 4.13. The summed E-state index contributed by atoms with van der Waals surface area (Å²) in [5, 5.41) is 11.1. The lowest BCUT2D eigenvalue weighted by Crippen LogP contribution is -2.44. The number of rotatable bonds is 2. The number of anilines is 2. The number of piperidine rings is 1. The van der Waals surface area contributed by atoms with Gasteiger partial charge in [-0.25, -0.2) is 9.78 Å². The fraction of sp³-hybridized carbons (Fsp3) is 0.455. The van der Waals surface area contributed by atoms with Crippen molar-refractivity contribution < 1.29 is 9.90 Å². The lowest BCUT2D eigenvalue weighted by Gasteiger charge is -2.33. The number of nitrogens with zero attached hydrogens (tertiary/aromatic N) is 2. The first-order valence-electron chi connectivity index (χ1n) is 5.61. The molecule has 6 nitrogen and oxygen atoms in total. The van der Waals surface area contributed by atoms with Gasteiger partial charge in [0.15, 0.2) is 5.82 Å². The van der Waals surface area contributed by atoms with Crippen LogP contribution in [-0.4, -0.2) is 35.3 Å². The lowest BCUT2D eigenvalue weighted by molar-refractivity contribution is 0.187. The Hall–Kier alpha value is -1.98. The van der Waals surface area contributed by atoms with Crippen LogP contribution in [0.4, 0.5) is 16.3 Å². The Morgan fingerprint density at radius 3 is 2.82 bits per heavy atom. The van der Waals surface area contributed by atoms with Gasteiger partial charge < -0.3 is 21.1 Å². The minimum absolute atomic E-state index is 0.0358. The van der Waals surface area contributed by atoms with Crippen LogP contribution < -0.4 is 16.0 Å². The van der Waals surface area contributed by atoms with Crippen LogP contribution in [0.15, 0.2) is 18.3 Å². The number of amides is 1. The summed E-state index contributed by atoms with van der Waals surface area (Å²) >= 11 is 0. The molecule has 0 bridgehead atoms. The van der Waals surface area contributed by atoms with Crippen molar-refractivity contribution in [2.75, 3.05) is 23.7 Å². The third-order valence-corrected chi connectivity index (χ3v) is 2.94. The Bertz CT molecular complexity index is 402. The number of nitrogens with one attached hydrogen (secondary N) is 1. The first-order valence-corrected chi connectivity index (χ1v) is 5.61. The lowest BCUT2D eigenvalue weighted by atomic mass is 10.1. The third kappa shape index (κ3) is 2.77. The highest BCUT2D eigenvalue weighted by Gasteiger charge is 2.22. The van der Waals surface area contributed by atoms with E-state index in [0.717, 1.165) is 31.7 Å². The van der Waals surface area contributed by atoms with Gasteiger partial charge in [0.1, 0.15) is 0 Å². The second kappa shape index (κ2) is 4.90. The molecule has 0 unspecified atom stereocenters. The molecule has 0 radical (unpaired) electrons. The molecule has 0 atom stereocenters. The summed E-state index contributed by atoms with van der Waals surface area (Å²) in [6.45, 7) is 1.54. The zero-order valence-corrected chi connectivity index (χ0v) is 9.47. The number of aromatic nitrogens is 1. The van der Waals surface area contributed by atoms with E-state index in [1.807, 2.05) is 6.07 Å². The van der Waals surface area contributed by atoms with Gasteiger partial charge in [0.2, 0.25) is 0 Å². The highest BCUT2D eigenvalue weighted by molar-refractivity contribution is 5.65. The molecule has 1 saturated heterocycles. The molecule has 1 aromatic heterocycles. The maximum absolute atomic E-state index is 10.5. The summed E-state index contributed by atoms with van der Waals surface area (Å²) in [6, 6.07) is 3.66. The monoisotopic (exact) mass is 236 g/mol. The Balaban J connectivity index is 1.95. The molecular weight excluding hydrogens is 220 g/mol. The van der Waals surface area contributed by atoms with Gasteiger partial charge in [-0.1, -0.05) is 0 Å². The minimum atomic E-state index is -0.958. The van der Waals surface area contributed by atoms with Gasteiger partial charge in [0, 0.05) is 25.3 Å². The zero-order chi connectivity index (χ0) is 12.3. The number of carboxylic acid groups (broad SMARTS) is 1. The fourth-order valence-corrected chi connectivity index (χ4v) is 2.08. The van der Waals surface area contributed by atoms with Crippen molar-refractivity contribution >= 4 is 17.6 Å². The van der Waals surface area contributed by atoms with Crippen LogP contribution in [0.1, 0.15) is 12.8 Å². The molecule has 1 aromatic rings. The molecule has 1 fully saturated rings. The van der Waals surface area contributed by atoms with Gasteiger partial charge in [0.25, 0.3) is 0 Å². The molecular formula is C11H16N4O2. The van der Waals surface area contributed by atoms with E-state index in [4.69, 9.17) is 10.8 Å². The predicted molar refractivity (Wildman–Crippen MR) is 65.0 cm³/mol. The molecule has 1 amide bonds. The van der Waals surface area contributed by atoms with Crippen LogP contribution in [0.3, 0.4) is 0 Å². The molecule has 92 valence electrons. The largest absolute Gasteiger partial charge is 0.465 e. The summed E-state index contributed by atoms with van der Waals surface area (Å²) < 4.78 is 0. The molecule has 1 aliphatic rings. The molecule has 0 aliphatic carbocycles. The topological polar surface area (TPSA) is 91.5 Å². The highest BCUT2D eigenvalue weighted by atomic mass is 16.4. The Labute approximate surface area is 99.4 Å². The summed E-state index contributed by atoms with van der Waals surface area (Å²) in [7, 11) is 0. The first-order chi connectivity index (χ1) is 8.16. The van der Waals surface area contributed by atoms with E-state index < -0.39 is 6.09 Å². The second-order valence-corrected chi connectivity index (χ2v) is 4.13. The number of carbonyl (C=O) groups is 1. The van der Waals surface area contributed by atoms with Crippen molar-refractivity contribution in [3.05, 3.63) is 18.3 Å². The average molecular weight is 236 g/mol. The van der Waals surface area contributed by atoms with E-state index in [1.54, 1.807) is 12.3 Å². The van der Waals surface area contributed by atoms with Crippen LogP contribution in [0.2, 0.25) is 0 Å². The Morgan fingerprint density at radius 2 is 2.24 bits per heavy atom. The normalized spacial score (nSPS) is 16.8. The van der Waals surface area contributed by atoms with Gasteiger partial charge in [-0.05, 0) is 25.0 Å². The van der Waals surface area contributed by atoms with E-state index in [1.165, 1.54) is 0 Å². The minimum Gasteiger partial charge on any atom is -0.465 e. The van der Waals surface area contributed by atoms with Gasteiger partial charge in [0.05, 0.1) is 5.69 Å². The van der Waals surface area contributed by atoms with Crippen LogP contribution >= 0.6 is 0 Å². The molecule has 1 aliphatic heterocycles. The van der Waals surface area contributed by atoms with Crippen molar-refractivity contribution in [2.24, 2.45) is 0 Å². The van der Waals surface area contributed by atoms with E-state index in [2.05, 4.69) is 15.2 Å². The zero-order valence-electron chi connectivity index (χ0n) is 9.47. The fourth-order valence-electron chi connectivity index (χ4n) is 2.08. The first kappa shape index (κ1) is 11.5. The molecule has 6 heteroatoms. The van der Waals surface area contributed by atoms with Crippen molar-refractivity contribution in [1.29, 1.82) is 0 Å². The standard InChI is InChI=1S/C11H16N4O2/c12-9-2-1-5-13-10(9)15-6-3-8(4-7-15)14-11(16)17/h1-2,5,8,14H,3-4,6-7,12H2,(H,16,17). The van der Waals surface area contributed by atoms with Gasteiger partial charge in [-0.15, -0.1) is 0 Å². The maximum atomic E-state index is 10.5. The van der Waals surface area contributed by atoms with Crippen molar-refractivity contribution in [3.63, 3.8) is 0 Å². The molecule has 2 rings (SSSR count). The number of hydrogen-bond acceptors (Lipinski definition) is 4. The van der Waals surface area contributed by atoms with Crippen LogP contribution in [0.25, 0.3) is 0 Å². The van der Waals surface area contributed by atoms with Crippen molar-refractivity contribution in [2.45, 2.75) is 18.9 Å². The van der Waals surface area contributed by atoms with Crippen LogP contribution in [0.5, 0.6) is 0 Å². The summed E-state index contributed by atoms with van der Waals surface area (Å²) in [6.07, 6.45) is 2.32. The smallest absolute Gasteiger partial charge is 0.404 e. The van der Waals surface area contributed by atoms with E-state index in [9.17, 15) is 4.79 Å². The molecule has 17 heavy (non-hydrogen) atoms. The van der Waals surface area contributed by atoms with Crippen molar-refractivity contribution in [1.82, 2.24) is 10.3 Å². The number of nitrogens with two attached hydrogens (primary N) is 1. The number of hydrogen-bond donors (Lipinski definition) is 3. The summed E-state index contributed by atoms with van der Waals surface area (Å²) in [5.74, 6) is 0.793. The molecule has 2 heterocycles. The van der Waals surface area contributed by atoms with E-state index >= 15 is 0 Å². The maximum Gasteiger partial charge on any atom is 0.404 e. The highest BCUT2D eigenvalue weighted by Crippen LogP contribution is 2.23. The Kier molecular flexibility index (Phi) is 3.32. The molecule has 4 N–H and O–H groups in total. The summed E-state index contributed by atoms with van der Waals surface area (Å²) in [4.78, 5) is 16.9. The third-order valence-electron chi connectivity index (χ3n) is 2.94. The van der Waals surface area contributed by atoms with E-state index in [0.29, 0.717) is 5.69 Å². The molecule has 0 saturated carbocycles. The molecule has 0 spiro atoms. The van der Waals surface area contributed by atoms with Crippen LogP contribution in [-0.2, 0) is 0 Å². The van der Waals surface area contributed by atoms with Gasteiger partial charge >= 0.3 is 6.09 Å². The number of pyridine rings is 1. The summed E-state index contributed by atoms with van der Waals surface area (Å²) in [5.41, 5.74) is 6.52. The SMILES string of the molecule is Nc1cccnc1N1CCC(NC(=O)O)CC1. The number of nitrogen functional groups attached to an aromatic ring is 1. The van der Waals surface area contributed by atoms with Crippen molar-refractivity contribution in [3.8, 4) is 0 Å². The average Bonchev–Trinajstić information content (AvgIpc) is 2.30. The van der Waals surface area contributed by atoms with Gasteiger partial charge in [-0.2, -0.15) is 0 Å².